The Morgan fingerprint density at radius 3 is 2.24 bits per heavy atom. The Morgan fingerprint density at radius 1 is 1.06 bits per heavy atom. The second kappa shape index (κ2) is 10.5. The van der Waals surface area contributed by atoms with Crippen LogP contribution in [-0.4, -0.2) is 42.6 Å². The topological polar surface area (TPSA) is 85.7 Å². The zero-order valence-electron chi connectivity index (χ0n) is 18.8. The lowest BCUT2D eigenvalue weighted by molar-refractivity contribution is -0.191. The molecule has 0 atom stereocenters. The summed E-state index contributed by atoms with van der Waals surface area (Å²) < 4.78 is 35.7. The lowest BCUT2D eigenvalue weighted by Crippen LogP contribution is -2.38. The van der Waals surface area contributed by atoms with Crippen molar-refractivity contribution in [1.29, 1.82) is 0 Å². The molecular formula is C24H27ClN2O5S. The van der Waals surface area contributed by atoms with Gasteiger partial charge >= 0.3 is 6.15 Å². The Kier molecular flexibility index (Phi) is 7.97. The molecule has 1 fully saturated rings. The summed E-state index contributed by atoms with van der Waals surface area (Å²) in [5.41, 5.74) is 2.34. The summed E-state index contributed by atoms with van der Waals surface area (Å²) in [6, 6.07) is 12.9. The fraction of sp³-hybridized carbons (Fsp3) is 0.375. The number of fused-ring (bicyclic) bond motifs is 1. The Hall–Kier alpha value is -2.64. The van der Waals surface area contributed by atoms with Crippen LogP contribution >= 0.6 is 11.6 Å². The number of sulfonamides is 1. The largest absolute Gasteiger partial charge is 0.491 e. The Balaban J connectivity index is 0.000000968. The highest BCUT2D eigenvalue weighted by atomic mass is 35.5. The first-order valence-corrected chi connectivity index (χ1v) is 12.5. The van der Waals surface area contributed by atoms with E-state index in [0.29, 0.717) is 23.7 Å². The maximum absolute atomic E-state index is 13.1. The number of carbonyl (C=O) groups excluding carboxylic acids is 2. The van der Waals surface area contributed by atoms with Gasteiger partial charge in [-0.1, -0.05) is 11.6 Å². The molecule has 1 aromatic heterocycles. The first kappa shape index (κ1) is 25.0. The molecule has 0 unspecified atom stereocenters. The number of piperidine rings is 1. The molecule has 176 valence electrons. The van der Waals surface area contributed by atoms with Crippen molar-refractivity contribution in [3.63, 3.8) is 0 Å². The smallest absolute Gasteiger partial charge is 0.373 e. The number of benzene rings is 2. The summed E-state index contributed by atoms with van der Waals surface area (Å²) in [6.07, 6.45) is 4.01. The molecule has 33 heavy (non-hydrogen) atoms. The Bertz CT molecular complexity index is 1240. The van der Waals surface area contributed by atoms with E-state index in [9.17, 15) is 8.42 Å². The normalized spacial score (nSPS) is 15.2. The van der Waals surface area contributed by atoms with E-state index in [4.69, 9.17) is 25.9 Å². The summed E-state index contributed by atoms with van der Waals surface area (Å²) in [6.45, 7) is 6.98. The number of hydrogen-bond donors (Lipinski definition) is 0. The van der Waals surface area contributed by atoms with Crippen LogP contribution in [-0.2, 0) is 19.6 Å². The summed E-state index contributed by atoms with van der Waals surface area (Å²) >= 11 is 6.16. The van der Waals surface area contributed by atoms with Crippen LogP contribution in [0.3, 0.4) is 0 Å². The third kappa shape index (κ3) is 5.65. The van der Waals surface area contributed by atoms with Crippen LogP contribution in [0.15, 0.2) is 53.6 Å². The van der Waals surface area contributed by atoms with Crippen molar-refractivity contribution in [2.45, 2.75) is 50.7 Å². The fourth-order valence-corrected chi connectivity index (χ4v) is 5.81. The van der Waals surface area contributed by atoms with Gasteiger partial charge in [-0.2, -0.15) is 13.9 Å². The number of ether oxygens (including phenoxy) is 1. The van der Waals surface area contributed by atoms with Crippen LogP contribution in [0.5, 0.6) is 5.75 Å². The maximum Gasteiger partial charge on any atom is 0.373 e. The summed E-state index contributed by atoms with van der Waals surface area (Å²) in [7, 11) is -3.50. The molecular weight excluding hydrogens is 464 g/mol. The molecule has 0 aliphatic carbocycles. The van der Waals surface area contributed by atoms with Gasteiger partial charge in [0.05, 0.1) is 11.0 Å². The first-order valence-electron chi connectivity index (χ1n) is 10.7. The van der Waals surface area contributed by atoms with Crippen LogP contribution in [0.1, 0.15) is 38.3 Å². The number of aryl methyl sites for hydroxylation is 1. The van der Waals surface area contributed by atoms with E-state index in [2.05, 4.69) is 23.8 Å². The van der Waals surface area contributed by atoms with Crippen LogP contribution in [0.4, 0.5) is 0 Å². The summed E-state index contributed by atoms with van der Waals surface area (Å²) in [5, 5.41) is 1.88. The molecule has 0 saturated carbocycles. The van der Waals surface area contributed by atoms with E-state index in [-0.39, 0.29) is 18.3 Å². The molecule has 0 amide bonds. The average Bonchev–Trinajstić information content (AvgIpc) is 3.10. The predicted molar refractivity (Wildman–Crippen MR) is 126 cm³/mol. The molecule has 0 spiro atoms. The minimum atomic E-state index is -3.50. The molecule has 3 aromatic rings. The minimum absolute atomic E-state index is 0.0518. The van der Waals surface area contributed by atoms with Crippen molar-refractivity contribution < 1.29 is 22.7 Å². The van der Waals surface area contributed by atoms with E-state index in [1.54, 1.807) is 28.6 Å². The molecule has 1 aliphatic heterocycles. The van der Waals surface area contributed by atoms with Gasteiger partial charge in [0.25, 0.3) is 0 Å². The van der Waals surface area contributed by atoms with E-state index < -0.39 is 10.0 Å². The molecule has 0 bridgehead atoms. The van der Waals surface area contributed by atoms with Crippen LogP contribution < -0.4 is 4.74 Å². The van der Waals surface area contributed by atoms with Crippen molar-refractivity contribution in [2.75, 3.05) is 13.1 Å². The highest BCUT2D eigenvalue weighted by Crippen LogP contribution is 2.33. The van der Waals surface area contributed by atoms with E-state index in [1.807, 2.05) is 26.0 Å². The molecule has 2 heterocycles. The number of rotatable bonds is 5. The number of hydrogen-bond acceptors (Lipinski definition) is 5. The highest BCUT2D eigenvalue weighted by molar-refractivity contribution is 7.89. The molecule has 7 nitrogen and oxygen atoms in total. The maximum atomic E-state index is 13.1. The van der Waals surface area contributed by atoms with Gasteiger partial charge in [-0.25, -0.2) is 8.42 Å². The fourth-order valence-electron chi connectivity index (χ4n) is 4.17. The lowest BCUT2D eigenvalue weighted by atomic mass is 10.1. The van der Waals surface area contributed by atoms with E-state index in [0.717, 1.165) is 28.8 Å². The van der Waals surface area contributed by atoms with Gasteiger partial charge in [0, 0.05) is 41.3 Å². The zero-order valence-corrected chi connectivity index (χ0v) is 20.4. The summed E-state index contributed by atoms with van der Waals surface area (Å²) in [4.78, 5) is 16.6. The highest BCUT2D eigenvalue weighted by Gasteiger charge is 2.30. The number of aromatic nitrogens is 1. The van der Waals surface area contributed by atoms with Crippen LogP contribution in [0.2, 0.25) is 5.02 Å². The molecule has 1 saturated heterocycles. The van der Waals surface area contributed by atoms with Gasteiger partial charge in [0.1, 0.15) is 5.75 Å². The quantitative estimate of drug-likeness (QED) is 0.511. The lowest BCUT2D eigenvalue weighted by Gasteiger charge is -2.32. The SMILES string of the molecule is Cc1cn(C2CCN(S(=O)(=O)c3ccc(OC(C)C)cc3)CC2)c2ccc(Cl)cc12.O=C=O. The predicted octanol–water partition coefficient (Wildman–Crippen LogP) is 4.83. The monoisotopic (exact) mass is 490 g/mol. The number of nitrogens with zero attached hydrogens (tertiary/aromatic N) is 2. The van der Waals surface area contributed by atoms with Gasteiger partial charge in [-0.3, -0.25) is 0 Å². The molecule has 1 aliphatic rings. The second-order valence-corrected chi connectivity index (χ2v) is 10.6. The van der Waals surface area contributed by atoms with E-state index >= 15 is 0 Å². The zero-order chi connectivity index (χ0) is 24.2. The van der Waals surface area contributed by atoms with Gasteiger partial charge in [-0.05, 0) is 81.6 Å². The molecule has 0 radical (unpaired) electrons. The summed E-state index contributed by atoms with van der Waals surface area (Å²) in [5.74, 6) is 0.678. The van der Waals surface area contributed by atoms with Crippen LogP contribution in [0.25, 0.3) is 10.9 Å². The van der Waals surface area contributed by atoms with Gasteiger partial charge in [0.2, 0.25) is 10.0 Å². The van der Waals surface area contributed by atoms with Gasteiger partial charge in [-0.15, -0.1) is 0 Å². The van der Waals surface area contributed by atoms with Crippen molar-refractivity contribution in [3.8, 4) is 5.75 Å². The average molecular weight is 491 g/mol. The van der Waals surface area contributed by atoms with E-state index in [1.165, 1.54) is 5.56 Å². The van der Waals surface area contributed by atoms with Crippen LogP contribution in [0, 0.1) is 6.92 Å². The minimum Gasteiger partial charge on any atom is -0.491 e. The Morgan fingerprint density at radius 2 is 1.67 bits per heavy atom. The van der Waals surface area contributed by atoms with Crippen molar-refractivity contribution in [1.82, 2.24) is 8.87 Å². The first-order chi connectivity index (χ1) is 15.7. The van der Waals surface area contributed by atoms with Crippen molar-refractivity contribution in [3.05, 3.63) is 59.2 Å². The van der Waals surface area contributed by atoms with Gasteiger partial charge in [0.15, 0.2) is 0 Å². The standard InChI is InChI=1S/C23H27ClN2O3S.CO2/c1-16(2)29-20-5-7-21(8-6-20)30(27,28)25-12-10-19(11-13-25)26-15-17(3)22-14-18(24)4-9-23(22)26;2-1-3/h4-9,14-16,19H,10-13H2,1-3H3;. The van der Waals surface area contributed by atoms with Gasteiger partial charge < -0.3 is 9.30 Å². The van der Waals surface area contributed by atoms with Crippen molar-refractivity contribution >= 4 is 38.7 Å². The molecule has 0 N–H and O–H groups in total. The second-order valence-electron chi connectivity index (χ2n) is 8.24. The Labute approximate surface area is 198 Å². The number of halogens is 1. The molecule has 2 aromatic carbocycles. The van der Waals surface area contributed by atoms with Crippen molar-refractivity contribution in [2.24, 2.45) is 0 Å². The third-order valence-electron chi connectivity index (χ3n) is 5.64. The third-order valence-corrected chi connectivity index (χ3v) is 7.79. The molecule has 4 rings (SSSR count). The molecule has 9 heteroatoms.